The molecule has 2 nitrogen and oxygen atoms in total. The van der Waals surface area contributed by atoms with Gasteiger partial charge in [0.2, 0.25) is 0 Å². The van der Waals surface area contributed by atoms with Crippen LogP contribution < -0.4 is 5.73 Å². The van der Waals surface area contributed by atoms with E-state index < -0.39 is 0 Å². The molecule has 0 radical (unpaired) electrons. The van der Waals surface area contributed by atoms with Crippen molar-refractivity contribution in [3.05, 3.63) is 35.1 Å². The summed E-state index contributed by atoms with van der Waals surface area (Å²) >= 11 is 4.95. The van der Waals surface area contributed by atoms with Gasteiger partial charge >= 0.3 is 0 Å². The van der Waals surface area contributed by atoms with Crippen LogP contribution >= 0.6 is 12.2 Å². The summed E-state index contributed by atoms with van der Waals surface area (Å²) in [5, 5.41) is 0. The molecule has 19 heavy (non-hydrogen) atoms. The lowest BCUT2D eigenvalue weighted by molar-refractivity contribution is 0.237. The average molecular weight is 280 g/mol. The average Bonchev–Trinajstić information content (AvgIpc) is 2.34. The molecule has 0 aliphatic carbocycles. The van der Waals surface area contributed by atoms with Gasteiger partial charge in [0.1, 0.15) is 10.8 Å². The van der Waals surface area contributed by atoms with Gasteiger partial charge in [0, 0.05) is 17.7 Å². The second-order valence-electron chi connectivity index (χ2n) is 5.21. The molecule has 0 unspecified atom stereocenters. The lowest BCUT2D eigenvalue weighted by Gasteiger charge is -2.24. The zero-order valence-electron chi connectivity index (χ0n) is 11.2. The Labute approximate surface area is 119 Å². The Kier molecular flexibility index (Phi) is 5.28. The summed E-state index contributed by atoms with van der Waals surface area (Å²) in [6.07, 6.45) is 6.31. The number of nitrogens with two attached hydrogens (primary N) is 1. The van der Waals surface area contributed by atoms with Crippen LogP contribution in [0, 0.1) is 5.82 Å². The highest BCUT2D eigenvalue weighted by molar-refractivity contribution is 7.80. The monoisotopic (exact) mass is 280 g/mol. The Hall–Kier alpha value is -1.00. The van der Waals surface area contributed by atoms with Gasteiger partial charge in [-0.25, -0.2) is 4.39 Å². The summed E-state index contributed by atoms with van der Waals surface area (Å²) in [5.74, 6) is -0.165. The fourth-order valence-corrected chi connectivity index (χ4v) is 2.69. The van der Waals surface area contributed by atoms with Crippen LogP contribution in [-0.4, -0.2) is 23.0 Å². The minimum Gasteiger partial charge on any atom is -0.389 e. The molecule has 4 heteroatoms. The van der Waals surface area contributed by atoms with Crippen LogP contribution in [0.5, 0.6) is 0 Å². The van der Waals surface area contributed by atoms with Gasteiger partial charge in [-0.3, -0.25) is 4.90 Å². The van der Waals surface area contributed by atoms with Crippen LogP contribution in [0.2, 0.25) is 0 Å². The lowest BCUT2D eigenvalue weighted by atomic mass is 10.1. The van der Waals surface area contributed by atoms with Crippen LogP contribution in [0.4, 0.5) is 4.39 Å². The van der Waals surface area contributed by atoms with E-state index in [0.29, 0.717) is 17.1 Å². The number of thiocarbonyl (C=S) groups is 1. The summed E-state index contributed by atoms with van der Waals surface area (Å²) in [4.78, 5) is 2.66. The predicted octanol–water partition coefficient (Wildman–Crippen LogP) is 3.23. The van der Waals surface area contributed by atoms with Crippen molar-refractivity contribution >= 4 is 17.2 Å². The molecule has 0 amide bonds. The van der Waals surface area contributed by atoms with Crippen molar-refractivity contribution in [1.82, 2.24) is 4.90 Å². The third-order valence-corrected chi connectivity index (χ3v) is 3.91. The number of benzene rings is 1. The number of halogens is 1. The molecule has 0 aromatic heterocycles. The highest BCUT2D eigenvalue weighted by Crippen LogP contribution is 2.17. The standard InChI is InChI=1S/C15H21FN2S/c16-14-7-6-12(15(17)19)10-13(14)11-18-8-4-2-1-3-5-9-18/h6-7,10H,1-5,8-9,11H2,(H2,17,19). The molecule has 1 aromatic carbocycles. The first-order valence-corrected chi connectivity index (χ1v) is 7.38. The molecule has 1 aliphatic heterocycles. The van der Waals surface area contributed by atoms with Gasteiger partial charge in [-0.05, 0) is 44.1 Å². The van der Waals surface area contributed by atoms with Crippen molar-refractivity contribution in [2.24, 2.45) is 5.73 Å². The third kappa shape index (κ3) is 4.25. The molecule has 2 rings (SSSR count). The maximum atomic E-state index is 13.9. The van der Waals surface area contributed by atoms with E-state index in [1.165, 1.54) is 38.2 Å². The highest BCUT2D eigenvalue weighted by atomic mass is 32.1. The quantitative estimate of drug-likeness (QED) is 0.862. The molecule has 0 atom stereocenters. The molecular formula is C15H21FN2S. The Morgan fingerprint density at radius 3 is 2.42 bits per heavy atom. The van der Waals surface area contributed by atoms with Crippen LogP contribution in [0.1, 0.15) is 43.2 Å². The van der Waals surface area contributed by atoms with E-state index in [0.717, 1.165) is 18.7 Å². The Bertz CT molecular complexity index is 440. The molecule has 2 N–H and O–H groups in total. The van der Waals surface area contributed by atoms with E-state index in [1.807, 2.05) is 0 Å². The predicted molar refractivity (Wildman–Crippen MR) is 80.6 cm³/mol. The summed E-state index contributed by atoms with van der Waals surface area (Å²) < 4.78 is 13.9. The van der Waals surface area contributed by atoms with Crippen molar-refractivity contribution in [3.63, 3.8) is 0 Å². The molecule has 1 heterocycles. The first-order valence-electron chi connectivity index (χ1n) is 6.97. The number of nitrogens with zero attached hydrogens (tertiary/aromatic N) is 1. The van der Waals surface area contributed by atoms with E-state index in [-0.39, 0.29) is 5.82 Å². The van der Waals surface area contributed by atoms with Crippen molar-refractivity contribution < 1.29 is 4.39 Å². The molecule has 0 bridgehead atoms. The zero-order chi connectivity index (χ0) is 13.7. The van der Waals surface area contributed by atoms with Gasteiger partial charge in [-0.2, -0.15) is 0 Å². The molecule has 0 saturated carbocycles. The van der Waals surface area contributed by atoms with E-state index >= 15 is 0 Å². The molecular weight excluding hydrogens is 259 g/mol. The van der Waals surface area contributed by atoms with Crippen LogP contribution in [0.15, 0.2) is 18.2 Å². The summed E-state index contributed by atoms with van der Waals surface area (Å²) in [7, 11) is 0. The highest BCUT2D eigenvalue weighted by Gasteiger charge is 2.12. The van der Waals surface area contributed by atoms with Crippen LogP contribution in [0.3, 0.4) is 0 Å². The largest absolute Gasteiger partial charge is 0.389 e. The van der Waals surface area contributed by atoms with E-state index in [2.05, 4.69) is 4.90 Å². The zero-order valence-corrected chi connectivity index (χ0v) is 12.0. The maximum absolute atomic E-state index is 13.9. The Balaban J connectivity index is 2.07. The van der Waals surface area contributed by atoms with E-state index in [4.69, 9.17) is 18.0 Å². The molecule has 1 fully saturated rings. The number of likely N-dealkylation sites (tertiary alicyclic amines) is 1. The van der Waals surface area contributed by atoms with Gasteiger partial charge in [0.25, 0.3) is 0 Å². The van der Waals surface area contributed by atoms with E-state index in [9.17, 15) is 4.39 Å². The SMILES string of the molecule is NC(=S)c1ccc(F)c(CN2CCCCCCC2)c1. The number of rotatable bonds is 3. The van der Waals surface area contributed by atoms with Gasteiger partial charge < -0.3 is 5.73 Å². The summed E-state index contributed by atoms with van der Waals surface area (Å²) in [6.45, 7) is 2.76. The first kappa shape index (κ1) is 14.4. The van der Waals surface area contributed by atoms with E-state index in [1.54, 1.807) is 12.1 Å². The minimum absolute atomic E-state index is 0.165. The molecule has 1 aromatic rings. The summed E-state index contributed by atoms with van der Waals surface area (Å²) in [6, 6.07) is 4.90. The van der Waals surface area contributed by atoms with Crippen molar-refractivity contribution in [1.29, 1.82) is 0 Å². The van der Waals surface area contributed by atoms with Crippen molar-refractivity contribution in [3.8, 4) is 0 Å². The second kappa shape index (κ2) is 6.96. The second-order valence-corrected chi connectivity index (χ2v) is 5.65. The minimum atomic E-state index is -0.165. The first-order chi connectivity index (χ1) is 9.16. The molecule has 1 aliphatic rings. The topological polar surface area (TPSA) is 29.3 Å². The van der Waals surface area contributed by atoms with Gasteiger partial charge in [0.15, 0.2) is 0 Å². The maximum Gasteiger partial charge on any atom is 0.127 e. The molecule has 0 spiro atoms. The smallest absolute Gasteiger partial charge is 0.127 e. The lowest BCUT2D eigenvalue weighted by Crippen LogP contribution is -2.27. The Morgan fingerprint density at radius 1 is 1.16 bits per heavy atom. The van der Waals surface area contributed by atoms with Gasteiger partial charge in [-0.15, -0.1) is 0 Å². The van der Waals surface area contributed by atoms with Crippen LogP contribution in [0.25, 0.3) is 0 Å². The van der Waals surface area contributed by atoms with Gasteiger partial charge in [-0.1, -0.05) is 31.5 Å². The Morgan fingerprint density at radius 2 is 1.79 bits per heavy atom. The van der Waals surface area contributed by atoms with Crippen LogP contribution in [-0.2, 0) is 6.54 Å². The number of hydrogen-bond acceptors (Lipinski definition) is 2. The van der Waals surface area contributed by atoms with Crippen molar-refractivity contribution in [2.75, 3.05) is 13.1 Å². The number of hydrogen-bond donors (Lipinski definition) is 1. The van der Waals surface area contributed by atoms with Crippen molar-refractivity contribution in [2.45, 2.75) is 38.6 Å². The van der Waals surface area contributed by atoms with Gasteiger partial charge in [0.05, 0.1) is 0 Å². The molecule has 104 valence electrons. The fraction of sp³-hybridized carbons (Fsp3) is 0.533. The summed E-state index contributed by atoms with van der Waals surface area (Å²) in [5.41, 5.74) is 7.06. The molecule has 1 saturated heterocycles. The third-order valence-electron chi connectivity index (χ3n) is 3.67. The normalized spacial score (nSPS) is 17.7. The fourth-order valence-electron chi connectivity index (χ4n) is 2.56.